The van der Waals surface area contributed by atoms with Crippen LogP contribution in [0.3, 0.4) is 0 Å². The Kier molecular flexibility index (Phi) is 7.16. The van der Waals surface area contributed by atoms with Gasteiger partial charge in [0, 0.05) is 18.2 Å². The van der Waals surface area contributed by atoms with E-state index in [-0.39, 0.29) is 18.2 Å². The van der Waals surface area contributed by atoms with Crippen LogP contribution >= 0.6 is 0 Å². The molecule has 2 aromatic carbocycles. The van der Waals surface area contributed by atoms with E-state index in [1.807, 2.05) is 41.4 Å². The van der Waals surface area contributed by atoms with E-state index in [2.05, 4.69) is 9.71 Å². The summed E-state index contributed by atoms with van der Waals surface area (Å²) in [6, 6.07) is 15.1. The Bertz CT molecular complexity index is 1300. The number of nitrogens with one attached hydrogen (secondary N) is 3. The monoisotopic (exact) mass is 459 g/mol. The Morgan fingerprint density at radius 1 is 0.969 bits per heavy atom. The van der Waals surface area contributed by atoms with E-state index in [9.17, 15) is 18.0 Å². The van der Waals surface area contributed by atoms with Gasteiger partial charge in [-0.3, -0.25) is 9.78 Å². The van der Waals surface area contributed by atoms with Crippen molar-refractivity contribution >= 4 is 10.0 Å². The van der Waals surface area contributed by atoms with Gasteiger partial charge in [0.15, 0.2) is 16.4 Å². The first kappa shape index (κ1) is 23.3. The highest BCUT2D eigenvalue weighted by molar-refractivity contribution is 7.89. The predicted molar refractivity (Wildman–Crippen MR) is 120 cm³/mol. The molecule has 0 fully saturated rings. The molecule has 0 spiro atoms. The molecule has 0 aliphatic rings. The van der Waals surface area contributed by atoms with Gasteiger partial charge in [-0.2, -0.15) is 0 Å². The fourth-order valence-electron chi connectivity index (χ4n) is 3.51. The van der Waals surface area contributed by atoms with Crippen molar-refractivity contribution in [2.75, 3.05) is 20.8 Å². The predicted octanol–water partition coefficient (Wildman–Crippen LogP) is 1.69. The molecule has 0 aliphatic carbocycles. The minimum absolute atomic E-state index is 0.0186. The van der Waals surface area contributed by atoms with Crippen LogP contribution in [0.1, 0.15) is 22.7 Å². The lowest BCUT2D eigenvalue weighted by atomic mass is 9.92. The van der Waals surface area contributed by atoms with Crippen molar-refractivity contribution < 1.29 is 17.9 Å². The van der Waals surface area contributed by atoms with Crippen LogP contribution in [0.2, 0.25) is 0 Å². The second-order valence-electron chi connectivity index (χ2n) is 7.22. The van der Waals surface area contributed by atoms with Crippen LogP contribution in [0.5, 0.6) is 11.5 Å². The van der Waals surface area contributed by atoms with Crippen LogP contribution in [0, 0.1) is 6.92 Å². The SMILES string of the molecule is COc1ccc([C@H](CNS(=O)(=O)c2c(C)[nH]c(=O)[nH]c2=O)Cc2ccccc2)cc1OC. The zero-order valence-electron chi connectivity index (χ0n) is 18.0. The molecule has 0 saturated heterocycles. The van der Waals surface area contributed by atoms with Gasteiger partial charge in [-0.05, 0) is 36.6 Å². The Hall–Kier alpha value is -3.37. The quantitative estimate of drug-likeness (QED) is 0.446. The standard InChI is InChI=1S/C22H25N3O6S/c1-14-20(21(26)25-22(27)24-14)32(28,29)23-13-17(11-15-7-5-4-6-8-15)16-9-10-18(30-2)19(12-16)31-3/h4-10,12,17,23H,11,13H2,1-3H3,(H2,24,25,26,27)/t17-/m0/s1. The summed E-state index contributed by atoms with van der Waals surface area (Å²) >= 11 is 0. The molecule has 0 bridgehead atoms. The number of aromatic amines is 2. The van der Waals surface area contributed by atoms with Crippen molar-refractivity contribution in [2.24, 2.45) is 0 Å². The first-order chi connectivity index (χ1) is 15.2. The number of aryl methyl sites for hydroxylation is 1. The van der Waals surface area contributed by atoms with Crippen molar-refractivity contribution in [3.8, 4) is 11.5 Å². The Morgan fingerprint density at radius 3 is 2.28 bits per heavy atom. The van der Waals surface area contributed by atoms with Gasteiger partial charge in [-0.25, -0.2) is 17.9 Å². The lowest BCUT2D eigenvalue weighted by Crippen LogP contribution is -2.36. The van der Waals surface area contributed by atoms with Gasteiger partial charge in [0.2, 0.25) is 10.0 Å². The van der Waals surface area contributed by atoms with Gasteiger partial charge in [0.05, 0.1) is 14.2 Å². The van der Waals surface area contributed by atoms with E-state index in [1.165, 1.54) is 21.1 Å². The minimum Gasteiger partial charge on any atom is -0.493 e. The summed E-state index contributed by atoms with van der Waals surface area (Å²) in [5, 5.41) is 0. The maximum absolute atomic E-state index is 12.9. The minimum atomic E-state index is -4.18. The number of H-pyrrole nitrogens is 2. The third kappa shape index (κ3) is 5.27. The molecule has 0 saturated carbocycles. The largest absolute Gasteiger partial charge is 0.493 e. The Balaban J connectivity index is 1.94. The molecule has 170 valence electrons. The molecule has 3 N–H and O–H groups in total. The van der Waals surface area contributed by atoms with E-state index in [0.29, 0.717) is 17.9 Å². The van der Waals surface area contributed by atoms with Crippen molar-refractivity contribution in [3.05, 3.63) is 86.2 Å². The molecule has 0 amide bonds. The maximum atomic E-state index is 12.9. The van der Waals surface area contributed by atoms with Gasteiger partial charge < -0.3 is 14.5 Å². The average Bonchev–Trinajstić information content (AvgIpc) is 2.76. The van der Waals surface area contributed by atoms with Crippen LogP contribution in [-0.4, -0.2) is 39.2 Å². The van der Waals surface area contributed by atoms with Crippen molar-refractivity contribution in [1.82, 2.24) is 14.7 Å². The molecule has 1 aromatic heterocycles. The first-order valence-corrected chi connectivity index (χ1v) is 11.3. The molecule has 3 rings (SSSR count). The number of rotatable bonds is 9. The lowest BCUT2D eigenvalue weighted by molar-refractivity contribution is 0.354. The van der Waals surface area contributed by atoms with E-state index < -0.39 is 26.2 Å². The number of hydrogen-bond donors (Lipinski definition) is 3. The average molecular weight is 460 g/mol. The molecule has 3 aromatic rings. The summed E-state index contributed by atoms with van der Waals surface area (Å²) in [4.78, 5) is 27.3. The van der Waals surface area contributed by atoms with Gasteiger partial charge in [-0.1, -0.05) is 36.4 Å². The molecule has 1 atom stereocenters. The normalized spacial score (nSPS) is 12.3. The molecule has 1 heterocycles. The fourth-order valence-corrected chi connectivity index (χ4v) is 4.82. The topological polar surface area (TPSA) is 130 Å². The maximum Gasteiger partial charge on any atom is 0.325 e. The van der Waals surface area contributed by atoms with Crippen LogP contribution < -0.4 is 25.4 Å². The highest BCUT2D eigenvalue weighted by atomic mass is 32.2. The number of methoxy groups -OCH3 is 2. The molecule has 0 aliphatic heterocycles. The van der Waals surface area contributed by atoms with Crippen LogP contribution in [0.25, 0.3) is 0 Å². The molecular weight excluding hydrogens is 434 g/mol. The smallest absolute Gasteiger partial charge is 0.325 e. The molecule has 0 unspecified atom stereocenters. The van der Waals surface area contributed by atoms with Gasteiger partial charge >= 0.3 is 5.69 Å². The fraction of sp³-hybridized carbons (Fsp3) is 0.273. The number of benzene rings is 2. The van der Waals surface area contributed by atoms with Crippen LogP contribution in [0.15, 0.2) is 63.0 Å². The zero-order chi connectivity index (χ0) is 23.3. The molecule has 32 heavy (non-hydrogen) atoms. The summed E-state index contributed by atoms with van der Waals surface area (Å²) in [5.74, 6) is 0.818. The van der Waals surface area contributed by atoms with E-state index in [4.69, 9.17) is 9.47 Å². The highest BCUT2D eigenvalue weighted by Gasteiger charge is 2.24. The number of sulfonamides is 1. The Labute approximate surface area is 185 Å². The number of hydrogen-bond acceptors (Lipinski definition) is 6. The van der Waals surface area contributed by atoms with Crippen LogP contribution in [0.4, 0.5) is 0 Å². The van der Waals surface area contributed by atoms with Crippen molar-refractivity contribution in [1.29, 1.82) is 0 Å². The summed E-state index contributed by atoms with van der Waals surface area (Å²) in [7, 11) is -1.11. The summed E-state index contributed by atoms with van der Waals surface area (Å²) in [5.41, 5.74) is 0.0889. The van der Waals surface area contributed by atoms with Crippen molar-refractivity contribution in [3.63, 3.8) is 0 Å². The van der Waals surface area contributed by atoms with E-state index in [0.717, 1.165) is 11.1 Å². The number of aromatic nitrogens is 2. The molecule has 0 radical (unpaired) electrons. The lowest BCUT2D eigenvalue weighted by Gasteiger charge is -2.20. The van der Waals surface area contributed by atoms with E-state index in [1.54, 1.807) is 12.1 Å². The molecular formula is C22H25N3O6S. The summed E-state index contributed by atoms with van der Waals surface area (Å²) in [6.45, 7) is 1.38. The third-order valence-electron chi connectivity index (χ3n) is 5.07. The zero-order valence-corrected chi connectivity index (χ0v) is 18.8. The highest BCUT2D eigenvalue weighted by Crippen LogP contribution is 2.32. The Morgan fingerprint density at radius 2 is 1.66 bits per heavy atom. The number of ether oxygens (including phenoxy) is 2. The molecule has 10 heteroatoms. The van der Waals surface area contributed by atoms with Gasteiger partial charge in [0.1, 0.15) is 0 Å². The van der Waals surface area contributed by atoms with Crippen LogP contribution in [-0.2, 0) is 16.4 Å². The second kappa shape index (κ2) is 9.84. The third-order valence-corrected chi connectivity index (χ3v) is 6.64. The van der Waals surface area contributed by atoms with E-state index >= 15 is 0 Å². The van der Waals surface area contributed by atoms with Gasteiger partial charge in [0.25, 0.3) is 5.56 Å². The summed E-state index contributed by atoms with van der Waals surface area (Å²) in [6.07, 6.45) is 0.541. The second-order valence-corrected chi connectivity index (χ2v) is 8.92. The van der Waals surface area contributed by atoms with Crippen molar-refractivity contribution in [2.45, 2.75) is 24.2 Å². The van der Waals surface area contributed by atoms with Gasteiger partial charge in [-0.15, -0.1) is 0 Å². The first-order valence-electron chi connectivity index (χ1n) is 9.84. The summed E-state index contributed by atoms with van der Waals surface area (Å²) < 4.78 is 39.0. The molecule has 9 nitrogen and oxygen atoms in total.